The molecule has 2 N–H and O–H groups in total. The maximum Gasteiger partial charge on any atom is 0.255 e. The van der Waals surface area contributed by atoms with Crippen molar-refractivity contribution in [3.63, 3.8) is 0 Å². The minimum atomic E-state index is -0.0665. The van der Waals surface area contributed by atoms with Crippen LogP contribution in [-0.4, -0.2) is 11.9 Å². The van der Waals surface area contributed by atoms with Gasteiger partial charge in [0, 0.05) is 29.8 Å². The Bertz CT molecular complexity index is 1220. The van der Waals surface area contributed by atoms with Gasteiger partial charge < -0.3 is 10.6 Å². The van der Waals surface area contributed by atoms with Crippen molar-refractivity contribution in [2.45, 2.75) is 37.8 Å². The van der Waals surface area contributed by atoms with Gasteiger partial charge in [-0.3, -0.25) is 4.79 Å². The lowest BCUT2D eigenvalue weighted by Crippen LogP contribution is -2.17. The zero-order chi connectivity index (χ0) is 23.2. The summed E-state index contributed by atoms with van der Waals surface area (Å²) in [5, 5.41) is 6.70. The molecular formula is C31H30N2O. The lowest BCUT2D eigenvalue weighted by atomic mass is 10.0. The lowest BCUT2D eigenvalue weighted by Gasteiger charge is -2.09. The number of anilines is 1. The minimum absolute atomic E-state index is 0.0665. The lowest BCUT2D eigenvalue weighted by molar-refractivity contribution is 0.102. The number of carbonyl (C=O) groups excluding carboxylic acids is 1. The molecule has 4 aromatic rings. The third-order valence-corrected chi connectivity index (χ3v) is 6.53. The fourth-order valence-corrected chi connectivity index (χ4v) is 4.45. The fraction of sp³-hybridized carbons (Fsp3) is 0.194. The first-order chi connectivity index (χ1) is 16.7. The monoisotopic (exact) mass is 446 g/mol. The zero-order valence-corrected chi connectivity index (χ0v) is 19.3. The molecule has 0 saturated heterocycles. The molecule has 1 amide bonds. The minimum Gasteiger partial charge on any atom is -0.322 e. The molecule has 0 spiro atoms. The van der Waals surface area contributed by atoms with Gasteiger partial charge in [0.25, 0.3) is 5.91 Å². The van der Waals surface area contributed by atoms with Crippen LogP contribution in [0.2, 0.25) is 0 Å². The predicted octanol–water partition coefficient (Wildman–Crippen LogP) is 6.37. The Morgan fingerprint density at radius 2 is 1.35 bits per heavy atom. The van der Waals surface area contributed by atoms with Crippen molar-refractivity contribution in [1.29, 1.82) is 0 Å². The average molecular weight is 447 g/mol. The number of amides is 1. The Morgan fingerprint density at radius 3 is 2.09 bits per heavy atom. The highest BCUT2D eigenvalue weighted by molar-refractivity contribution is 6.04. The Balaban J connectivity index is 1.13. The molecule has 1 aliphatic rings. The van der Waals surface area contributed by atoms with Crippen molar-refractivity contribution in [2.75, 3.05) is 5.32 Å². The van der Waals surface area contributed by atoms with Gasteiger partial charge in [-0.05, 0) is 65.8 Å². The van der Waals surface area contributed by atoms with Gasteiger partial charge in [-0.15, -0.1) is 0 Å². The van der Waals surface area contributed by atoms with Crippen molar-refractivity contribution < 1.29 is 4.79 Å². The quantitative estimate of drug-likeness (QED) is 0.314. The number of nitrogens with one attached hydrogen (secondary N) is 2. The predicted molar refractivity (Wildman–Crippen MR) is 139 cm³/mol. The highest BCUT2D eigenvalue weighted by Crippen LogP contribution is 2.41. The molecule has 3 nitrogen and oxygen atoms in total. The van der Waals surface area contributed by atoms with Gasteiger partial charge in [-0.2, -0.15) is 0 Å². The molecule has 0 heterocycles. The van der Waals surface area contributed by atoms with Crippen molar-refractivity contribution in [3.05, 3.63) is 137 Å². The van der Waals surface area contributed by atoms with Gasteiger partial charge in [0.1, 0.15) is 0 Å². The number of hydrogen-bond acceptors (Lipinski definition) is 2. The van der Waals surface area contributed by atoms with E-state index in [1.807, 2.05) is 42.5 Å². The van der Waals surface area contributed by atoms with Crippen LogP contribution in [-0.2, 0) is 19.4 Å². The SMILES string of the molecule is O=C(Nc1ccc(C2CC2NCc2ccccc2)cc1)c1cccc(CCc2ccccc2)c1. The van der Waals surface area contributed by atoms with Gasteiger partial charge in [0.05, 0.1) is 0 Å². The zero-order valence-electron chi connectivity index (χ0n) is 19.3. The number of rotatable bonds is 9. The van der Waals surface area contributed by atoms with Crippen molar-refractivity contribution in [1.82, 2.24) is 5.32 Å². The molecule has 4 aromatic carbocycles. The van der Waals surface area contributed by atoms with Crippen LogP contribution in [0.1, 0.15) is 45.0 Å². The second-order valence-electron chi connectivity index (χ2n) is 9.08. The second-order valence-corrected chi connectivity index (χ2v) is 9.08. The summed E-state index contributed by atoms with van der Waals surface area (Å²) in [6.07, 6.45) is 3.05. The molecule has 0 radical (unpaired) electrons. The Morgan fingerprint density at radius 1 is 0.706 bits per heavy atom. The number of carbonyl (C=O) groups is 1. The summed E-state index contributed by atoms with van der Waals surface area (Å²) in [4.78, 5) is 12.8. The van der Waals surface area contributed by atoms with E-state index in [4.69, 9.17) is 0 Å². The number of hydrogen-bond donors (Lipinski definition) is 2. The summed E-state index contributed by atoms with van der Waals surface area (Å²) in [5.74, 6) is 0.484. The van der Waals surface area contributed by atoms with E-state index in [-0.39, 0.29) is 5.91 Å². The van der Waals surface area contributed by atoms with Gasteiger partial charge in [0.2, 0.25) is 0 Å². The van der Waals surface area contributed by atoms with Crippen LogP contribution in [0.15, 0.2) is 109 Å². The summed E-state index contributed by atoms with van der Waals surface area (Å²) in [7, 11) is 0. The molecule has 5 rings (SSSR count). The number of benzene rings is 4. The maximum atomic E-state index is 12.8. The van der Waals surface area contributed by atoms with Crippen molar-refractivity contribution in [2.24, 2.45) is 0 Å². The Labute approximate surface area is 201 Å². The maximum absolute atomic E-state index is 12.8. The first kappa shape index (κ1) is 22.1. The van der Waals surface area contributed by atoms with E-state index >= 15 is 0 Å². The standard InChI is InChI=1S/C31H30N2O/c34-31(27-13-7-12-24(20-27)15-14-23-8-3-1-4-9-23)33-28-18-16-26(17-19-28)29-21-30(29)32-22-25-10-5-2-6-11-25/h1-13,16-20,29-30,32H,14-15,21-22H2,(H,33,34). The van der Waals surface area contributed by atoms with E-state index in [1.165, 1.54) is 22.3 Å². The Hall–Kier alpha value is -3.69. The molecule has 170 valence electrons. The first-order valence-electron chi connectivity index (χ1n) is 12.1. The van der Waals surface area contributed by atoms with Gasteiger partial charge in [-0.25, -0.2) is 0 Å². The van der Waals surface area contributed by atoms with Crippen LogP contribution < -0.4 is 10.6 Å². The largest absolute Gasteiger partial charge is 0.322 e. The summed E-state index contributed by atoms with van der Waals surface area (Å²) >= 11 is 0. The topological polar surface area (TPSA) is 41.1 Å². The van der Waals surface area contributed by atoms with E-state index in [0.717, 1.165) is 31.5 Å². The fourth-order valence-electron chi connectivity index (χ4n) is 4.45. The van der Waals surface area contributed by atoms with Crippen LogP contribution in [0.4, 0.5) is 5.69 Å². The highest BCUT2D eigenvalue weighted by Gasteiger charge is 2.37. The smallest absolute Gasteiger partial charge is 0.255 e. The normalized spacial score (nSPS) is 16.7. The van der Waals surface area contributed by atoms with Crippen molar-refractivity contribution in [3.8, 4) is 0 Å². The molecular weight excluding hydrogens is 416 g/mol. The molecule has 1 saturated carbocycles. The van der Waals surface area contributed by atoms with E-state index in [0.29, 0.717) is 17.5 Å². The van der Waals surface area contributed by atoms with E-state index < -0.39 is 0 Å². The summed E-state index contributed by atoms with van der Waals surface area (Å²) in [5.41, 5.74) is 6.65. The molecule has 2 unspecified atom stereocenters. The highest BCUT2D eigenvalue weighted by atomic mass is 16.1. The van der Waals surface area contributed by atoms with Gasteiger partial charge >= 0.3 is 0 Å². The van der Waals surface area contributed by atoms with Crippen molar-refractivity contribution >= 4 is 11.6 Å². The Kier molecular flexibility index (Phi) is 6.83. The van der Waals surface area contributed by atoms with E-state index in [2.05, 4.69) is 77.4 Å². The molecule has 0 aliphatic heterocycles. The molecule has 2 atom stereocenters. The third-order valence-electron chi connectivity index (χ3n) is 6.53. The van der Waals surface area contributed by atoms with Gasteiger partial charge in [0.15, 0.2) is 0 Å². The van der Waals surface area contributed by atoms with Crippen LogP contribution in [0.5, 0.6) is 0 Å². The van der Waals surface area contributed by atoms with Crippen LogP contribution in [0.25, 0.3) is 0 Å². The molecule has 1 fully saturated rings. The molecule has 3 heteroatoms. The molecule has 0 bridgehead atoms. The summed E-state index contributed by atoms with van der Waals surface area (Å²) in [6, 6.07) is 37.7. The molecule has 0 aromatic heterocycles. The first-order valence-corrected chi connectivity index (χ1v) is 12.1. The average Bonchev–Trinajstić information content (AvgIpc) is 3.68. The van der Waals surface area contributed by atoms with E-state index in [9.17, 15) is 4.79 Å². The van der Waals surface area contributed by atoms with Crippen LogP contribution >= 0.6 is 0 Å². The third kappa shape index (κ3) is 5.81. The molecule has 34 heavy (non-hydrogen) atoms. The summed E-state index contributed by atoms with van der Waals surface area (Å²) in [6.45, 7) is 0.903. The molecule has 1 aliphatic carbocycles. The number of aryl methyl sites for hydroxylation is 2. The second kappa shape index (κ2) is 10.5. The summed E-state index contributed by atoms with van der Waals surface area (Å²) < 4.78 is 0. The van der Waals surface area contributed by atoms with Crippen LogP contribution in [0.3, 0.4) is 0 Å². The van der Waals surface area contributed by atoms with Crippen LogP contribution in [0, 0.1) is 0 Å². The van der Waals surface area contributed by atoms with E-state index in [1.54, 1.807) is 0 Å². The van der Waals surface area contributed by atoms with Gasteiger partial charge in [-0.1, -0.05) is 84.9 Å².